The standard InChI is InChI=1S/C15H29N3O2/c1-3-17(14-6-4-13(16)5-7-14)11-15(19)18-8-9-20-12(2)10-18/h12-14H,3-11,16H2,1-2H3. The lowest BCUT2D eigenvalue weighted by molar-refractivity contribution is -0.140. The minimum Gasteiger partial charge on any atom is -0.375 e. The van der Waals surface area contributed by atoms with Crippen LogP contribution in [0.25, 0.3) is 0 Å². The second kappa shape index (κ2) is 7.38. The summed E-state index contributed by atoms with van der Waals surface area (Å²) >= 11 is 0. The van der Waals surface area contributed by atoms with Gasteiger partial charge in [-0.3, -0.25) is 9.69 Å². The van der Waals surface area contributed by atoms with Crippen LogP contribution < -0.4 is 5.73 Å². The van der Waals surface area contributed by atoms with Gasteiger partial charge in [-0.15, -0.1) is 0 Å². The predicted molar refractivity (Wildman–Crippen MR) is 79.5 cm³/mol. The van der Waals surface area contributed by atoms with E-state index in [-0.39, 0.29) is 12.0 Å². The fraction of sp³-hybridized carbons (Fsp3) is 0.933. The summed E-state index contributed by atoms with van der Waals surface area (Å²) in [7, 11) is 0. The van der Waals surface area contributed by atoms with Crippen molar-refractivity contribution in [2.24, 2.45) is 5.73 Å². The Bertz CT molecular complexity index is 316. The van der Waals surface area contributed by atoms with E-state index in [9.17, 15) is 4.79 Å². The van der Waals surface area contributed by atoms with Gasteiger partial charge in [-0.1, -0.05) is 6.92 Å². The van der Waals surface area contributed by atoms with E-state index in [1.165, 1.54) is 0 Å². The molecule has 1 aliphatic carbocycles. The molecule has 1 saturated heterocycles. The topological polar surface area (TPSA) is 58.8 Å². The average molecular weight is 283 g/mol. The molecule has 1 saturated carbocycles. The molecule has 2 rings (SSSR count). The van der Waals surface area contributed by atoms with E-state index in [1.807, 2.05) is 11.8 Å². The molecule has 0 aromatic heterocycles. The van der Waals surface area contributed by atoms with Gasteiger partial charge in [-0.05, 0) is 39.2 Å². The van der Waals surface area contributed by atoms with Crippen molar-refractivity contribution >= 4 is 5.91 Å². The van der Waals surface area contributed by atoms with E-state index in [1.54, 1.807) is 0 Å². The quantitative estimate of drug-likeness (QED) is 0.830. The summed E-state index contributed by atoms with van der Waals surface area (Å²) in [5, 5.41) is 0. The van der Waals surface area contributed by atoms with Crippen molar-refractivity contribution in [1.29, 1.82) is 0 Å². The van der Waals surface area contributed by atoms with Gasteiger partial charge in [0.1, 0.15) is 0 Å². The SMILES string of the molecule is CCN(CC(=O)N1CCOC(C)C1)C1CCC(N)CC1. The van der Waals surface area contributed by atoms with Crippen LogP contribution in [0.1, 0.15) is 39.5 Å². The molecule has 1 atom stereocenters. The van der Waals surface area contributed by atoms with E-state index in [0.717, 1.165) is 45.3 Å². The van der Waals surface area contributed by atoms with E-state index >= 15 is 0 Å². The van der Waals surface area contributed by atoms with Crippen molar-refractivity contribution in [3.63, 3.8) is 0 Å². The first-order valence-corrected chi connectivity index (χ1v) is 7.99. The molecule has 1 aliphatic heterocycles. The van der Waals surface area contributed by atoms with Gasteiger partial charge in [0, 0.05) is 25.2 Å². The van der Waals surface area contributed by atoms with Crippen LogP contribution in [0.2, 0.25) is 0 Å². The molecule has 1 amide bonds. The largest absolute Gasteiger partial charge is 0.375 e. The van der Waals surface area contributed by atoms with Crippen LogP contribution in [-0.4, -0.2) is 66.7 Å². The molecule has 1 unspecified atom stereocenters. The molecule has 0 spiro atoms. The Labute approximate surface area is 122 Å². The summed E-state index contributed by atoms with van der Waals surface area (Å²) < 4.78 is 5.50. The molecule has 20 heavy (non-hydrogen) atoms. The van der Waals surface area contributed by atoms with Gasteiger partial charge in [0.25, 0.3) is 0 Å². The fourth-order valence-corrected chi connectivity index (χ4v) is 3.28. The Hall–Kier alpha value is -0.650. The number of nitrogens with two attached hydrogens (primary N) is 1. The fourth-order valence-electron chi connectivity index (χ4n) is 3.28. The van der Waals surface area contributed by atoms with Gasteiger partial charge in [0.15, 0.2) is 0 Å². The summed E-state index contributed by atoms with van der Waals surface area (Å²) in [5.41, 5.74) is 5.96. The third kappa shape index (κ3) is 4.17. The summed E-state index contributed by atoms with van der Waals surface area (Å²) in [5.74, 6) is 0.247. The first-order valence-electron chi connectivity index (χ1n) is 7.99. The van der Waals surface area contributed by atoms with Crippen molar-refractivity contribution in [3.05, 3.63) is 0 Å². The van der Waals surface area contributed by atoms with E-state index in [0.29, 0.717) is 25.2 Å². The number of ether oxygens (including phenoxy) is 1. The van der Waals surface area contributed by atoms with E-state index < -0.39 is 0 Å². The highest BCUT2D eigenvalue weighted by Gasteiger charge is 2.27. The molecular formula is C15H29N3O2. The number of hydrogen-bond acceptors (Lipinski definition) is 4. The molecule has 5 heteroatoms. The molecule has 5 nitrogen and oxygen atoms in total. The van der Waals surface area contributed by atoms with Crippen LogP contribution in [0.4, 0.5) is 0 Å². The Kier molecular flexibility index (Phi) is 5.81. The summed E-state index contributed by atoms with van der Waals surface area (Å²) in [4.78, 5) is 16.7. The van der Waals surface area contributed by atoms with Gasteiger partial charge in [0.05, 0.1) is 19.3 Å². The van der Waals surface area contributed by atoms with Crippen molar-refractivity contribution in [2.45, 2.75) is 57.7 Å². The Morgan fingerprint density at radius 2 is 2.05 bits per heavy atom. The summed E-state index contributed by atoms with van der Waals surface area (Å²) in [6.07, 6.45) is 4.59. The van der Waals surface area contributed by atoms with Crippen molar-refractivity contribution in [3.8, 4) is 0 Å². The molecule has 0 radical (unpaired) electrons. The summed E-state index contributed by atoms with van der Waals surface area (Å²) in [6.45, 7) is 7.78. The molecular weight excluding hydrogens is 254 g/mol. The molecule has 0 aromatic rings. The zero-order valence-electron chi connectivity index (χ0n) is 12.9. The van der Waals surface area contributed by atoms with Crippen molar-refractivity contribution < 1.29 is 9.53 Å². The second-order valence-electron chi connectivity index (χ2n) is 6.15. The van der Waals surface area contributed by atoms with E-state index in [2.05, 4.69) is 11.8 Å². The molecule has 2 aliphatic rings. The monoisotopic (exact) mass is 283 g/mol. The lowest BCUT2D eigenvalue weighted by Crippen LogP contribution is -2.50. The molecule has 1 heterocycles. The molecule has 0 aromatic carbocycles. The lowest BCUT2D eigenvalue weighted by Gasteiger charge is -2.37. The highest BCUT2D eigenvalue weighted by atomic mass is 16.5. The first-order chi connectivity index (χ1) is 9.60. The number of nitrogens with zero attached hydrogens (tertiary/aromatic N) is 2. The van der Waals surface area contributed by atoms with Crippen LogP contribution in [-0.2, 0) is 9.53 Å². The molecule has 2 N–H and O–H groups in total. The maximum absolute atomic E-state index is 12.4. The maximum Gasteiger partial charge on any atom is 0.236 e. The molecule has 2 fully saturated rings. The Morgan fingerprint density at radius 1 is 1.35 bits per heavy atom. The number of carbonyl (C=O) groups excluding carboxylic acids is 1. The highest BCUT2D eigenvalue weighted by molar-refractivity contribution is 5.78. The predicted octanol–water partition coefficient (Wildman–Crippen LogP) is 0.826. The minimum absolute atomic E-state index is 0.162. The van der Waals surface area contributed by atoms with Crippen LogP contribution in [0.15, 0.2) is 0 Å². The van der Waals surface area contributed by atoms with Crippen LogP contribution in [0.5, 0.6) is 0 Å². The Balaban J connectivity index is 1.84. The zero-order chi connectivity index (χ0) is 14.5. The van der Waals surface area contributed by atoms with Crippen LogP contribution >= 0.6 is 0 Å². The number of hydrogen-bond donors (Lipinski definition) is 1. The zero-order valence-corrected chi connectivity index (χ0v) is 12.9. The number of rotatable bonds is 4. The maximum atomic E-state index is 12.4. The number of amides is 1. The molecule has 116 valence electrons. The smallest absolute Gasteiger partial charge is 0.236 e. The number of likely N-dealkylation sites (N-methyl/N-ethyl adjacent to an activating group) is 1. The van der Waals surface area contributed by atoms with Gasteiger partial charge in [-0.2, -0.15) is 0 Å². The van der Waals surface area contributed by atoms with E-state index in [4.69, 9.17) is 10.5 Å². The molecule has 0 bridgehead atoms. The first kappa shape index (κ1) is 15.7. The van der Waals surface area contributed by atoms with Crippen molar-refractivity contribution in [1.82, 2.24) is 9.80 Å². The number of carbonyl (C=O) groups is 1. The van der Waals surface area contributed by atoms with Crippen molar-refractivity contribution in [2.75, 3.05) is 32.8 Å². The van der Waals surface area contributed by atoms with Gasteiger partial charge in [-0.25, -0.2) is 0 Å². The Morgan fingerprint density at radius 3 is 2.65 bits per heavy atom. The van der Waals surface area contributed by atoms with Gasteiger partial charge in [0.2, 0.25) is 5.91 Å². The van der Waals surface area contributed by atoms with Crippen LogP contribution in [0.3, 0.4) is 0 Å². The highest BCUT2D eigenvalue weighted by Crippen LogP contribution is 2.22. The second-order valence-corrected chi connectivity index (χ2v) is 6.15. The van der Waals surface area contributed by atoms with Gasteiger partial charge < -0.3 is 15.4 Å². The third-order valence-corrected chi connectivity index (χ3v) is 4.60. The summed E-state index contributed by atoms with van der Waals surface area (Å²) in [6, 6.07) is 0.892. The minimum atomic E-state index is 0.162. The normalized spacial score (nSPS) is 31.6. The van der Waals surface area contributed by atoms with Gasteiger partial charge >= 0.3 is 0 Å². The average Bonchev–Trinajstić information content (AvgIpc) is 2.45. The third-order valence-electron chi connectivity index (χ3n) is 4.60. The number of morpholine rings is 1. The van der Waals surface area contributed by atoms with Crippen LogP contribution in [0, 0.1) is 0 Å². The lowest BCUT2D eigenvalue weighted by atomic mass is 9.90.